The summed E-state index contributed by atoms with van der Waals surface area (Å²) in [5.41, 5.74) is 2.18. The van der Waals surface area contributed by atoms with Crippen LogP contribution in [0.15, 0.2) is 12.4 Å². The summed E-state index contributed by atoms with van der Waals surface area (Å²) in [7, 11) is 3.74. The second kappa shape index (κ2) is 4.68. The minimum Gasteiger partial charge on any atom is -0.383 e. The van der Waals surface area contributed by atoms with Gasteiger partial charge < -0.3 is 4.90 Å². The molecule has 0 aliphatic carbocycles. The third-order valence-corrected chi connectivity index (χ3v) is 1.89. The van der Waals surface area contributed by atoms with E-state index in [1.54, 1.807) is 19.3 Å². The maximum Gasteiger partial charge on any atom is 0.153 e. The van der Waals surface area contributed by atoms with Crippen LogP contribution in [0.25, 0.3) is 5.57 Å². The zero-order chi connectivity index (χ0) is 11.4. The van der Waals surface area contributed by atoms with Crippen molar-refractivity contribution in [2.75, 3.05) is 14.1 Å². The van der Waals surface area contributed by atoms with Crippen molar-refractivity contribution in [1.82, 2.24) is 14.9 Å². The summed E-state index contributed by atoms with van der Waals surface area (Å²) >= 11 is 0. The van der Waals surface area contributed by atoms with Crippen LogP contribution in [0.5, 0.6) is 0 Å². The van der Waals surface area contributed by atoms with Crippen LogP contribution < -0.4 is 0 Å². The lowest BCUT2D eigenvalue weighted by atomic mass is 10.1. The maximum absolute atomic E-state index is 10.9. The number of allylic oxidation sites excluding steroid dienone is 1. The molecule has 1 aromatic rings. The molecule has 0 aliphatic rings. The summed E-state index contributed by atoms with van der Waals surface area (Å²) in [6.45, 7) is 3.70. The Morgan fingerprint density at radius 3 is 2.60 bits per heavy atom. The highest BCUT2D eigenvalue weighted by atomic mass is 16.1. The first-order valence-electron chi connectivity index (χ1n) is 4.68. The number of aromatic nitrogens is 2. The third kappa shape index (κ3) is 2.87. The van der Waals surface area contributed by atoms with Crippen molar-refractivity contribution < 1.29 is 4.79 Å². The number of aryl methyl sites for hydroxylation is 2. The van der Waals surface area contributed by atoms with Crippen molar-refractivity contribution in [3.8, 4) is 0 Å². The molecule has 0 saturated carbocycles. The standard InChI is InChI=1S/C11H15N3O/c1-8-5-12-9(2)13-11(8)10(7-15)6-14(3)4/h5-7H,1-4H3. The number of hydrogen-bond acceptors (Lipinski definition) is 4. The molecule has 0 unspecified atom stereocenters. The van der Waals surface area contributed by atoms with Gasteiger partial charge in [0.2, 0.25) is 0 Å². The minimum atomic E-state index is 0.572. The molecule has 0 amide bonds. The van der Waals surface area contributed by atoms with E-state index in [0.29, 0.717) is 17.1 Å². The van der Waals surface area contributed by atoms with Crippen molar-refractivity contribution in [3.63, 3.8) is 0 Å². The van der Waals surface area contributed by atoms with Gasteiger partial charge in [0.05, 0.1) is 11.3 Å². The van der Waals surface area contributed by atoms with E-state index in [-0.39, 0.29) is 0 Å². The number of nitrogens with zero attached hydrogens (tertiary/aromatic N) is 3. The van der Waals surface area contributed by atoms with Crippen LogP contribution in [0.4, 0.5) is 0 Å². The Morgan fingerprint density at radius 2 is 2.07 bits per heavy atom. The van der Waals surface area contributed by atoms with Crippen LogP contribution in [-0.2, 0) is 4.79 Å². The molecule has 0 spiro atoms. The van der Waals surface area contributed by atoms with E-state index >= 15 is 0 Å². The molecule has 0 aliphatic heterocycles. The second-order valence-electron chi connectivity index (χ2n) is 3.61. The van der Waals surface area contributed by atoms with E-state index < -0.39 is 0 Å². The molecule has 15 heavy (non-hydrogen) atoms. The Kier molecular flexibility index (Phi) is 3.55. The lowest BCUT2D eigenvalue weighted by molar-refractivity contribution is -0.103. The Hall–Kier alpha value is -1.71. The predicted molar refractivity (Wildman–Crippen MR) is 59.2 cm³/mol. The highest BCUT2D eigenvalue weighted by molar-refractivity contribution is 6.06. The van der Waals surface area contributed by atoms with Crippen LogP contribution >= 0.6 is 0 Å². The molecule has 0 radical (unpaired) electrons. The smallest absolute Gasteiger partial charge is 0.153 e. The summed E-state index contributed by atoms with van der Waals surface area (Å²) in [5, 5.41) is 0. The Morgan fingerprint density at radius 1 is 1.40 bits per heavy atom. The van der Waals surface area contributed by atoms with Crippen LogP contribution in [-0.4, -0.2) is 35.2 Å². The van der Waals surface area contributed by atoms with Gasteiger partial charge in [0.25, 0.3) is 0 Å². The number of hydrogen-bond donors (Lipinski definition) is 0. The largest absolute Gasteiger partial charge is 0.383 e. The average molecular weight is 205 g/mol. The molecule has 80 valence electrons. The molecule has 0 N–H and O–H groups in total. The maximum atomic E-state index is 10.9. The lowest BCUT2D eigenvalue weighted by Gasteiger charge is -2.09. The van der Waals surface area contributed by atoms with Gasteiger partial charge in [-0.3, -0.25) is 4.79 Å². The van der Waals surface area contributed by atoms with E-state index in [1.165, 1.54) is 0 Å². The zero-order valence-corrected chi connectivity index (χ0v) is 9.48. The van der Waals surface area contributed by atoms with Crippen molar-refractivity contribution in [2.45, 2.75) is 13.8 Å². The van der Waals surface area contributed by atoms with E-state index in [1.807, 2.05) is 25.9 Å². The van der Waals surface area contributed by atoms with Gasteiger partial charge in [0.15, 0.2) is 6.29 Å². The number of carbonyl (C=O) groups excluding carboxylic acids is 1. The number of aldehydes is 1. The normalized spacial score (nSPS) is 11.3. The van der Waals surface area contributed by atoms with E-state index in [2.05, 4.69) is 9.97 Å². The van der Waals surface area contributed by atoms with E-state index in [9.17, 15) is 4.79 Å². The quantitative estimate of drug-likeness (QED) is 0.549. The minimum absolute atomic E-state index is 0.572. The van der Waals surface area contributed by atoms with Crippen molar-refractivity contribution in [1.29, 1.82) is 0 Å². The first kappa shape index (κ1) is 11.4. The summed E-state index contributed by atoms with van der Waals surface area (Å²) in [5.74, 6) is 0.669. The SMILES string of the molecule is Cc1ncc(C)c(C(C=O)=CN(C)C)n1. The van der Waals surface area contributed by atoms with Crippen LogP contribution in [0.1, 0.15) is 17.1 Å². The van der Waals surface area contributed by atoms with E-state index in [0.717, 1.165) is 11.8 Å². The molecule has 0 fully saturated rings. The molecule has 1 aromatic heterocycles. The Labute approximate surface area is 89.7 Å². The molecule has 0 bridgehead atoms. The highest BCUT2D eigenvalue weighted by Crippen LogP contribution is 2.14. The predicted octanol–water partition coefficient (Wildman–Crippen LogP) is 1.19. The Bertz CT molecular complexity index is 397. The van der Waals surface area contributed by atoms with Gasteiger partial charge >= 0.3 is 0 Å². The van der Waals surface area contributed by atoms with Gasteiger partial charge in [0, 0.05) is 26.5 Å². The molecular weight excluding hydrogens is 190 g/mol. The summed E-state index contributed by atoms with van der Waals surface area (Å²) in [6, 6.07) is 0. The average Bonchev–Trinajstić information content (AvgIpc) is 2.18. The topological polar surface area (TPSA) is 46.1 Å². The van der Waals surface area contributed by atoms with Gasteiger partial charge in [-0.1, -0.05) is 0 Å². The fourth-order valence-electron chi connectivity index (χ4n) is 1.25. The Balaban J connectivity index is 3.23. The first-order valence-corrected chi connectivity index (χ1v) is 4.68. The van der Waals surface area contributed by atoms with E-state index in [4.69, 9.17) is 0 Å². The molecule has 1 heterocycles. The number of rotatable bonds is 3. The van der Waals surface area contributed by atoms with Gasteiger partial charge in [-0.15, -0.1) is 0 Å². The molecular formula is C11H15N3O. The summed E-state index contributed by atoms with van der Waals surface area (Å²) in [6.07, 6.45) is 4.29. The lowest BCUT2D eigenvalue weighted by Crippen LogP contribution is -2.06. The van der Waals surface area contributed by atoms with Crippen molar-refractivity contribution >= 4 is 11.9 Å². The van der Waals surface area contributed by atoms with Gasteiger partial charge in [-0.25, -0.2) is 9.97 Å². The van der Waals surface area contributed by atoms with Crippen LogP contribution in [0.3, 0.4) is 0 Å². The fraction of sp³-hybridized carbons (Fsp3) is 0.364. The van der Waals surface area contributed by atoms with Crippen LogP contribution in [0, 0.1) is 13.8 Å². The molecule has 1 rings (SSSR count). The fourth-order valence-corrected chi connectivity index (χ4v) is 1.25. The van der Waals surface area contributed by atoms with Gasteiger partial charge in [-0.2, -0.15) is 0 Å². The molecule has 4 nitrogen and oxygen atoms in total. The summed E-state index contributed by atoms with van der Waals surface area (Å²) < 4.78 is 0. The first-order chi connectivity index (χ1) is 7.04. The van der Waals surface area contributed by atoms with Crippen molar-refractivity contribution in [3.05, 3.63) is 29.5 Å². The molecule has 0 atom stereocenters. The van der Waals surface area contributed by atoms with Crippen molar-refractivity contribution in [2.24, 2.45) is 0 Å². The number of carbonyl (C=O) groups is 1. The highest BCUT2D eigenvalue weighted by Gasteiger charge is 2.07. The zero-order valence-electron chi connectivity index (χ0n) is 9.48. The molecule has 4 heteroatoms. The molecule has 0 aromatic carbocycles. The summed E-state index contributed by atoms with van der Waals surface area (Å²) in [4.78, 5) is 21.1. The van der Waals surface area contributed by atoms with Gasteiger partial charge in [0.1, 0.15) is 5.82 Å². The monoisotopic (exact) mass is 205 g/mol. The second-order valence-corrected chi connectivity index (χ2v) is 3.61. The molecule has 0 saturated heterocycles. The van der Waals surface area contributed by atoms with Gasteiger partial charge in [-0.05, 0) is 19.4 Å². The van der Waals surface area contributed by atoms with Crippen LogP contribution in [0.2, 0.25) is 0 Å². The third-order valence-electron chi connectivity index (χ3n) is 1.89.